The molecule has 6 N–H and O–H groups in total. The van der Waals surface area contributed by atoms with E-state index in [0.29, 0.717) is 0 Å². The molecule has 78 valence electrons. The molecule has 0 fully saturated rings. The van der Waals surface area contributed by atoms with E-state index in [0.717, 1.165) is 19.4 Å². The van der Waals surface area contributed by atoms with Gasteiger partial charge in [0.1, 0.15) is 0 Å². The van der Waals surface area contributed by atoms with Gasteiger partial charge in [-0.3, -0.25) is 16.1 Å². The van der Waals surface area contributed by atoms with E-state index in [4.69, 9.17) is 16.6 Å². The fourth-order valence-corrected chi connectivity index (χ4v) is 0.569. The van der Waals surface area contributed by atoms with Gasteiger partial charge in [-0.1, -0.05) is 13.3 Å². The summed E-state index contributed by atoms with van der Waals surface area (Å²) in [5.74, 6) is -0.120. The molecule has 0 rings (SSSR count). The summed E-state index contributed by atoms with van der Waals surface area (Å²) < 4.78 is 0. The Morgan fingerprint density at radius 2 is 1.92 bits per heavy atom. The molecule has 0 aromatic carbocycles. The van der Waals surface area contributed by atoms with Gasteiger partial charge in [0.05, 0.1) is 0 Å². The van der Waals surface area contributed by atoms with Crippen LogP contribution in [0.2, 0.25) is 0 Å². The maximum absolute atomic E-state index is 7.15. The maximum Gasteiger partial charge on any atom is 0.195 e. The van der Waals surface area contributed by atoms with Crippen molar-refractivity contribution in [1.82, 2.24) is 10.6 Å². The Bertz CT molecular complexity index is 152. The van der Waals surface area contributed by atoms with Crippen molar-refractivity contribution < 1.29 is 0 Å². The first-order chi connectivity index (χ1) is 5.16. The predicted octanol–water partition coefficient (Wildman–Crippen LogP) is -0.968. The van der Waals surface area contributed by atoms with Crippen LogP contribution in [0.5, 0.6) is 0 Å². The van der Waals surface area contributed by atoms with Crippen molar-refractivity contribution in [3.63, 3.8) is 0 Å². The van der Waals surface area contributed by atoms with Crippen LogP contribution in [0.25, 0.3) is 0 Å². The minimum atomic E-state index is -0.209. The van der Waals surface area contributed by atoms with E-state index in [1.807, 2.05) is 0 Å². The summed E-state index contributed by atoms with van der Waals surface area (Å²) in [5, 5.41) is 19.0. The summed E-state index contributed by atoms with van der Waals surface area (Å²) in [6, 6.07) is 0. The number of nitrogens with one attached hydrogen (secondary N) is 4. The highest BCUT2D eigenvalue weighted by Crippen LogP contribution is 1.80. The Kier molecular flexibility index (Phi) is 16.3. The van der Waals surface area contributed by atoms with Gasteiger partial charge in [0.15, 0.2) is 29.3 Å². The monoisotopic (exact) mass is 223 g/mol. The lowest BCUT2D eigenvalue weighted by Gasteiger charge is -2.06. The lowest BCUT2D eigenvalue weighted by Crippen LogP contribution is -2.43. The number of rotatable bonds is 3. The van der Waals surface area contributed by atoms with Crippen molar-refractivity contribution in [3.8, 4) is 0 Å². The highest BCUT2D eigenvalue weighted by Gasteiger charge is 1.93. The van der Waals surface area contributed by atoms with E-state index >= 15 is 0 Å². The molecule has 5 nitrogen and oxygen atoms in total. The average Bonchev–Trinajstić information content (AvgIpc) is 1.86. The van der Waals surface area contributed by atoms with E-state index in [1.165, 1.54) is 0 Å². The summed E-state index contributed by atoms with van der Waals surface area (Å²) in [6.45, 7) is 2.82. The quantitative estimate of drug-likeness (QED) is 0.184. The zero-order valence-electron chi connectivity index (χ0n) is 7.11. The van der Waals surface area contributed by atoms with Gasteiger partial charge in [-0.05, 0) is 6.42 Å². The van der Waals surface area contributed by atoms with Gasteiger partial charge in [0, 0.05) is 6.54 Å². The van der Waals surface area contributed by atoms with Crippen molar-refractivity contribution in [2.45, 2.75) is 19.8 Å². The maximum atomic E-state index is 7.15. The molecule has 7 heteroatoms. The number of guanidine groups is 2. The summed E-state index contributed by atoms with van der Waals surface area (Å²) >= 11 is 0. The molecule has 0 aliphatic heterocycles. The van der Waals surface area contributed by atoms with Crippen LogP contribution < -0.4 is 16.4 Å². The van der Waals surface area contributed by atoms with E-state index in [-0.39, 0.29) is 41.7 Å². The van der Waals surface area contributed by atoms with Crippen LogP contribution in [0.15, 0.2) is 0 Å². The zero-order valence-corrected chi connectivity index (χ0v) is 7.92. The highest BCUT2D eigenvalue weighted by atomic mass is 35.5. The Labute approximate surface area is 95.4 Å². The first-order valence-corrected chi connectivity index (χ1v) is 3.60. The molecule has 0 aromatic heterocycles. The summed E-state index contributed by atoms with van der Waals surface area (Å²) in [4.78, 5) is 0. The fourth-order valence-electron chi connectivity index (χ4n) is 0.569. The van der Waals surface area contributed by atoms with Crippen LogP contribution in [0.1, 0.15) is 19.8 Å². The van der Waals surface area contributed by atoms with Gasteiger partial charge in [0.25, 0.3) is 0 Å². The molecular weight excluding hydrogens is 205 g/mol. The lowest BCUT2D eigenvalue weighted by atomic mass is 10.3. The largest absolute Gasteiger partial charge is 0.370 e. The van der Waals surface area contributed by atoms with Gasteiger partial charge < -0.3 is 11.1 Å². The second-order valence-electron chi connectivity index (χ2n) is 2.19. The van der Waals surface area contributed by atoms with Crippen molar-refractivity contribution in [2.75, 3.05) is 6.54 Å². The number of halogens is 1. The minimum absolute atomic E-state index is 0. The molecule has 0 atom stereocenters. The van der Waals surface area contributed by atoms with Crippen LogP contribution in [0, 0.1) is 10.8 Å². The zero-order chi connectivity index (χ0) is 8.69. The summed E-state index contributed by atoms with van der Waals surface area (Å²) in [5.41, 5.74) is 4.99. The molecule has 0 aliphatic rings. The van der Waals surface area contributed by atoms with Gasteiger partial charge in [-0.2, -0.15) is 0 Å². The third-order valence-electron chi connectivity index (χ3n) is 1.09. The minimum Gasteiger partial charge on any atom is -0.370 e. The van der Waals surface area contributed by atoms with E-state index in [1.54, 1.807) is 0 Å². The molecule has 0 bridgehead atoms. The lowest BCUT2D eigenvalue weighted by molar-refractivity contribution is 0.744. The molecule has 0 radical (unpaired) electrons. The third kappa shape index (κ3) is 14.4. The Balaban J connectivity index is -0.000000500. The van der Waals surface area contributed by atoms with E-state index in [2.05, 4.69) is 17.6 Å². The van der Waals surface area contributed by atoms with E-state index in [9.17, 15) is 0 Å². The number of hydrogen-bond acceptors (Lipinski definition) is 2. The van der Waals surface area contributed by atoms with Crippen molar-refractivity contribution in [1.29, 1.82) is 10.8 Å². The molecular formula is C6H19AlClN5. The third-order valence-corrected chi connectivity index (χ3v) is 1.09. The number of hydrogen-bond donors (Lipinski definition) is 5. The van der Waals surface area contributed by atoms with Crippen LogP contribution in [-0.4, -0.2) is 35.8 Å². The average molecular weight is 224 g/mol. The molecule has 0 saturated heterocycles. The second-order valence-corrected chi connectivity index (χ2v) is 2.19. The van der Waals surface area contributed by atoms with Gasteiger partial charge >= 0.3 is 0 Å². The molecule has 13 heavy (non-hydrogen) atoms. The van der Waals surface area contributed by atoms with Crippen LogP contribution >= 0.6 is 12.4 Å². The molecule has 0 aliphatic carbocycles. The fraction of sp³-hybridized carbons (Fsp3) is 0.667. The molecule has 0 aromatic rings. The first-order valence-electron chi connectivity index (χ1n) is 3.60. The Morgan fingerprint density at radius 3 is 2.31 bits per heavy atom. The van der Waals surface area contributed by atoms with Crippen LogP contribution in [0.3, 0.4) is 0 Å². The molecule has 0 saturated carbocycles. The Hall–Kier alpha value is -0.438. The molecule has 0 spiro atoms. The van der Waals surface area contributed by atoms with Crippen molar-refractivity contribution in [2.24, 2.45) is 5.73 Å². The normalized spacial score (nSPS) is 7.46. The number of unbranched alkanes of at least 4 members (excludes halogenated alkanes) is 1. The van der Waals surface area contributed by atoms with Crippen molar-refractivity contribution >= 4 is 41.7 Å². The summed E-state index contributed by atoms with van der Waals surface area (Å²) in [7, 11) is 0. The smallest absolute Gasteiger partial charge is 0.195 e. The van der Waals surface area contributed by atoms with Gasteiger partial charge in [-0.15, -0.1) is 12.4 Å². The van der Waals surface area contributed by atoms with Gasteiger partial charge in [-0.25, -0.2) is 0 Å². The SMILES string of the molecule is CCCCNC(=N)NC(=N)N.Cl.[AlH3]. The summed E-state index contributed by atoms with van der Waals surface area (Å²) in [6.07, 6.45) is 2.10. The van der Waals surface area contributed by atoms with Crippen molar-refractivity contribution in [3.05, 3.63) is 0 Å². The number of nitrogens with two attached hydrogens (primary N) is 1. The first kappa shape index (κ1) is 18.4. The van der Waals surface area contributed by atoms with Crippen LogP contribution in [-0.2, 0) is 0 Å². The Morgan fingerprint density at radius 1 is 1.38 bits per heavy atom. The van der Waals surface area contributed by atoms with E-state index < -0.39 is 0 Å². The van der Waals surface area contributed by atoms with Gasteiger partial charge in [0.2, 0.25) is 0 Å². The molecule has 0 heterocycles. The van der Waals surface area contributed by atoms with Crippen LogP contribution in [0.4, 0.5) is 0 Å². The molecule has 0 unspecified atom stereocenters. The molecule has 0 amide bonds. The standard InChI is InChI=1S/C6H15N5.Al.ClH.3H/c1-2-3-4-10-6(9)11-5(7)8;;;;;/h2-4H2,1H3,(H6,7,8,9,10,11);;1H;;;. The topological polar surface area (TPSA) is 97.8 Å². The highest BCUT2D eigenvalue weighted by molar-refractivity contribution is 5.94. The second kappa shape index (κ2) is 11.6. The predicted molar refractivity (Wildman–Crippen MR) is 62.9 cm³/mol.